The second-order valence-electron chi connectivity index (χ2n) is 4.56. The van der Waals surface area contributed by atoms with E-state index in [2.05, 4.69) is 5.32 Å². The topological polar surface area (TPSA) is 38.3 Å². The Labute approximate surface area is 144 Å². The third-order valence-corrected chi connectivity index (χ3v) is 3.81. The first kappa shape index (κ1) is 16.9. The number of carbonyl (C=O) groups excluding carboxylic acids is 1. The highest BCUT2D eigenvalue weighted by molar-refractivity contribution is 6.39. The summed E-state index contributed by atoms with van der Waals surface area (Å²) in [5, 5.41) is 3.99. The molecule has 0 saturated carbocycles. The number of anilines is 1. The number of halogens is 3. The van der Waals surface area contributed by atoms with Crippen LogP contribution in [0.3, 0.4) is 0 Å². The molecule has 0 unspecified atom stereocenters. The van der Waals surface area contributed by atoms with E-state index < -0.39 is 6.10 Å². The summed E-state index contributed by atoms with van der Waals surface area (Å²) in [5.74, 6) is 0.206. The summed E-state index contributed by atoms with van der Waals surface area (Å²) in [4.78, 5) is 12.4. The maximum absolute atomic E-state index is 12.4. The van der Waals surface area contributed by atoms with Crippen molar-refractivity contribution < 1.29 is 9.53 Å². The van der Waals surface area contributed by atoms with Crippen molar-refractivity contribution in [1.82, 2.24) is 0 Å². The van der Waals surface area contributed by atoms with Gasteiger partial charge >= 0.3 is 0 Å². The molecule has 0 aliphatic rings. The molecule has 0 bridgehead atoms. The van der Waals surface area contributed by atoms with Crippen LogP contribution in [0.2, 0.25) is 15.1 Å². The lowest BCUT2D eigenvalue weighted by Gasteiger charge is -2.18. The minimum atomic E-state index is -0.675. The van der Waals surface area contributed by atoms with E-state index in [9.17, 15) is 4.79 Å². The van der Waals surface area contributed by atoms with Crippen molar-refractivity contribution >= 4 is 46.4 Å². The molecule has 1 N–H and O–H groups in total. The van der Waals surface area contributed by atoms with Gasteiger partial charge in [-0.15, -0.1) is 0 Å². The Morgan fingerprint density at radius 1 is 1.14 bits per heavy atom. The monoisotopic (exact) mass is 357 g/mol. The maximum Gasteiger partial charge on any atom is 0.265 e. The van der Waals surface area contributed by atoms with Crippen LogP contribution in [0, 0.1) is 0 Å². The maximum atomic E-state index is 12.4. The molecule has 0 spiro atoms. The average Bonchev–Trinajstić information content (AvgIpc) is 2.48. The molecule has 3 nitrogen and oxygen atoms in total. The van der Waals surface area contributed by atoms with E-state index in [0.717, 1.165) is 0 Å². The first-order valence-corrected chi connectivity index (χ1v) is 7.81. The second kappa shape index (κ2) is 7.73. The van der Waals surface area contributed by atoms with Crippen LogP contribution in [-0.2, 0) is 4.79 Å². The van der Waals surface area contributed by atoms with Gasteiger partial charge in [0.1, 0.15) is 5.75 Å². The van der Waals surface area contributed by atoms with E-state index in [1.165, 1.54) is 0 Å². The van der Waals surface area contributed by atoms with Crippen molar-refractivity contribution in [3.63, 3.8) is 0 Å². The summed E-state index contributed by atoms with van der Waals surface area (Å²) in [7, 11) is 0. The van der Waals surface area contributed by atoms with E-state index in [1.807, 2.05) is 6.92 Å². The zero-order chi connectivity index (χ0) is 16.1. The Morgan fingerprint density at radius 2 is 1.77 bits per heavy atom. The summed E-state index contributed by atoms with van der Waals surface area (Å²) in [5.41, 5.74) is 0.379. The largest absolute Gasteiger partial charge is 0.481 e. The first-order valence-electron chi connectivity index (χ1n) is 6.68. The lowest BCUT2D eigenvalue weighted by molar-refractivity contribution is -0.122. The minimum Gasteiger partial charge on any atom is -0.481 e. The number of hydrogen-bond donors (Lipinski definition) is 1. The van der Waals surface area contributed by atoms with Gasteiger partial charge in [-0.3, -0.25) is 4.79 Å². The highest BCUT2D eigenvalue weighted by atomic mass is 35.5. The zero-order valence-corrected chi connectivity index (χ0v) is 14.0. The molecule has 0 aliphatic heterocycles. The number of para-hydroxylation sites is 1. The van der Waals surface area contributed by atoms with Crippen molar-refractivity contribution in [2.24, 2.45) is 0 Å². The van der Waals surface area contributed by atoms with Crippen molar-refractivity contribution in [1.29, 1.82) is 0 Å². The molecule has 1 amide bonds. The number of hydrogen-bond acceptors (Lipinski definition) is 2. The van der Waals surface area contributed by atoms with Crippen LogP contribution >= 0.6 is 34.8 Å². The van der Waals surface area contributed by atoms with Gasteiger partial charge in [-0.2, -0.15) is 0 Å². The highest BCUT2D eigenvalue weighted by Crippen LogP contribution is 2.30. The van der Waals surface area contributed by atoms with Crippen molar-refractivity contribution in [3.05, 3.63) is 57.5 Å². The second-order valence-corrected chi connectivity index (χ2v) is 5.81. The molecule has 0 fully saturated rings. The van der Waals surface area contributed by atoms with Crippen LogP contribution in [0.4, 0.5) is 5.69 Å². The zero-order valence-electron chi connectivity index (χ0n) is 11.8. The molecule has 0 saturated heterocycles. The normalized spacial score (nSPS) is 11.8. The van der Waals surface area contributed by atoms with Gasteiger partial charge in [0.15, 0.2) is 6.10 Å². The van der Waals surface area contributed by atoms with Gasteiger partial charge in [0.2, 0.25) is 0 Å². The average molecular weight is 359 g/mol. The number of amides is 1. The van der Waals surface area contributed by atoms with Crippen LogP contribution in [0.5, 0.6) is 5.75 Å². The van der Waals surface area contributed by atoms with E-state index in [-0.39, 0.29) is 5.91 Å². The van der Waals surface area contributed by atoms with E-state index in [0.29, 0.717) is 32.9 Å². The van der Waals surface area contributed by atoms with Crippen molar-refractivity contribution in [2.75, 3.05) is 5.32 Å². The molecule has 1 atom stereocenters. The summed E-state index contributed by atoms with van der Waals surface area (Å²) in [6.45, 7) is 1.85. The summed E-state index contributed by atoms with van der Waals surface area (Å²) in [6.07, 6.45) is -0.189. The molecule has 2 aromatic rings. The van der Waals surface area contributed by atoms with Gasteiger partial charge < -0.3 is 10.1 Å². The van der Waals surface area contributed by atoms with Gasteiger partial charge in [0.25, 0.3) is 5.91 Å². The molecule has 22 heavy (non-hydrogen) atoms. The van der Waals surface area contributed by atoms with E-state index in [4.69, 9.17) is 39.5 Å². The van der Waals surface area contributed by atoms with Gasteiger partial charge in [-0.25, -0.2) is 0 Å². The Balaban J connectivity index is 2.12. The quantitative estimate of drug-likeness (QED) is 0.772. The summed E-state index contributed by atoms with van der Waals surface area (Å²) in [6, 6.07) is 11.9. The van der Waals surface area contributed by atoms with Gasteiger partial charge in [-0.05, 0) is 36.8 Å². The SMILES string of the molecule is CC[C@@H](Oc1cccc(Cl)c1)C(=O)Nc1c(Cl)cccc1Cl. The molecule has 6 heteroatoms. The van der Waals surface area contributed by atoms with Crippen LogP contribution in [0.25, 0.3) is 0 Å². The third kappa shape index (κ3) is 4.29. The smallest absolute Gasteiger partial charge is 0.265 e. The molecule has 2 aromatic carbocycles. The summed E-state index contributed by atoms with van der Waals surface area (Å²) < 4.78 is 5.68. The fourth-order valence-electron chi connectivity index (χ4n) is 1.85. The number of nitrogens with one attached hydrogen (secondary N) is 1. The van der Waals surface area contributed by atoms with Crippen LogP contribution in [0.1, 0.15) is 13.3 Å². The fraction of sp³-hybridized carbons (Fsp3) is 0.188. The van der Waals surface area contributed by atoms with Crippen molar-refractivity contribution in [2.45, 2.75) is 19.4 Å². The Bertz CT molecular complexity index is 656. The lowest BCUT2D eigenvalue weighted by Crippen LogP contribution is -2.32. The molecule has 0 aromatic heterocycles. The Kier molecular flexibility index (Phi) is 5.95. The third-order valence-electron chi connectivity index (χ3n) is 2.95. The number of rotatable bonds is 5. The molecule has 116 valence electrons. The predicted octanol–water partition coefficient (Wildman–Crippen LogP) is 5.44. The van der Waals surface area contributed by atoms with E-state index >= 15 is 0 Å². The van der Waals surface area contributed by atoms with Gasteiger partial charge in [0.05, 0.1) is 15.7 Å². The van der Waals surface area contributed by atoms with Crippen LogP contribution in [-0.4, -0.2) is 12.0 Å². The molecule has 0 aliphatic carbocycles. The highest BCUT2D eigenvalue weighted by Gasteiger charge is 2.20. The standard InChI is InChI=1S/C16H14Cl3NO2/c1-2-14(22-11-6-3-5-10(17)9-11)16(21)20-15-12(18)7-4-8-13(15)19/h3-9,14H,2H2,1H3,(H,20,21)/t14-/m1/s1. The Morgan fingerprint density at radius 3 is 2.36 bits per heavy atom. The predicted molar refractivity (Wildman–Crippen MR) is 91.3 cm³/mol. The molecular formula is C16H14Cl3NO2. The molecular weight excluding hydrogens is 345 g/mol. The van der Waals surface area contributed by atoms with Crippen molar-refractivity contribution in [3.8, 4) is 5.75 Å². The number of ether oxygens (including phenoxy) is 1. The summed E-state index contributed by atoms with van der Waals surface area (Å²) >= 11 is 18.0. The lowest BCUT2D eigenvalue weighted by atomic mass is 10.2. The number of benzene rings is 2. The van der Waals surface area contributed by atoms with Crippen LogP contribution < -0.4 is 10.1 Å². The fourth-order valence-corrected chi connectivity index (χ4v) is 2.52. The van der Waals surface area contributed by atoms with Gasteiger partial charge in [-0.1, -0.05) is 53.9 Å². The molecule has 0 radical (unpaired) electrons. The minimum absolute atomic E-state index is 0.322. The number of carbonyl (C=O) groups is 1. The Hall–Kier alpha value is -1.42. The molecule has 0 heterocycles. The van der Waals surface area contributed by atoms with Crippen LogP contribution in [0.15, 0.2) is 42.5 Å². The first-order chi connectivity index (χ1) is 10.5. The van der Waals surface area contributed by atoms with Gasteiger partial charge in [0, 0.05) is 5.02 Å². The molecule has 2 rings (SSSR count). The van der Waals surface area contributed by atoms with E-state index in [1.54, 1.807) is 42.5 Å².